The normalized spacial score (nSPS) is 19.1. The predicted octanol–water partition coefficient (Wildman–Crippen LogP) is 2.52. The molecule has 126 valence electrons. The molecular weight excluding hydrogens is 288 g/mol. The Labute approximate surface area is 139 Å². The second-order valence-corrected chi connectivity index (χ2v) is 6.51. The summed E-state index contributed by atoms with van der Waals surface area (Å²) in [5.74, 6) is 0.313. The number of rotatable bonds is 6. The van der Waals surface area contributed by atoms with E-state index in [9.17, 15) is 9.59 Å². The summed E-state index contributed by atoms with van der Waals surface area (Å²) < 4.78 is 0. The molecule has 0 aliphatic carbocycles. The molecule has 1 unspecified atom stereocenters. The van der Waals surface area contributed by atoms with Gasteiger partial charge in [-0.3, -0.25) is 14.5 Å². The second kappa shape index (κ2) is 7.73. The van der Waals surface area contributed by atoms with E-state index in [1.165, 1.54) is 0 Å². The first-order valence-electron chi connectivity index (χ1n) is 8.59. The zero-order valence-electron chi connectivity index (χ0n) is 14.5. The first-order chi connectivity index (χ1) is 11.0. The highest BCUT2D eigenvalue weighted by Crippen LogP contribution is 2.36. The van der Waals surface area contributed by atoms with Gasteiger partial charge < -0.3 is 5.32 Å². The Morgan fingerprint density at radius 3 is 2.35 bits per heavy atom. The molecule has 0 saturated carbocycles. The molecule has 23 heavy (non-hydrogen) atoms. The van der Waals surface area contributed by atoms with Crippen LogP contribution in [0.2, 0.25) is 0 Å². The van der Waals surface area contributed by atoms with E-state index in [4.69, 9.17) is 0 Å². The first kappa shape index (κ1) is 17.7. The molecule has 0 bridgehead atoms. The molecule has 4 nitrogen and oxygen atoms in total. The average molecular weight is 316 g/mol. The van der Waals surface area contributed by atoms with E-state index in [2.05, 4.69) is 22.3 Å². The number of Topliss-reactive ketones (excluding diaryl/α,β-unsaturated/α-hetero) is 1. The average Bonchev–Trinajstić information content (AvgIpc) is 2.59. The first-order valence-corrected chi connectivity index (χ1v) is 8.59. The highest BCUT2D eigenvalue weighted by molar-refractivity contribution is 5.88. The van der Waals surface area contributed by atoms with E-state index in [1.54, 1.807) is 6.92 Å². The van der Waals surface area contributed by atoms with Gasteiger partial charge in [-0.25, -0.2) is 0 Å². The molecule has 1 fully saturated rings. The van der Waals surface area contributed by atoms with Crippen LogP contribution < -0.4 is 5.32 Å². The molecule has 1 aromatic carbocycles. The summed E-state index contributed by atoms with van der Waals surface area (Å²) in [5, 5.41) is 2.96. The monoisotopic (exact) mass is 316 g/mol. The van der Waals surface area contributed by atoms with Crippen molar-refractivity contribution >= 4 is 11.7 Å². The predicted molar refractivity (Wildman–Crippen MR) is 92.4 cm³/mol. The molecule has 0 spiro atoms. The van der Waals surface area contributed by atoms with Gasteiger partial charge in [0.25, 0.3) is 0 Å². The van der Waals surface area contributed by atoms with Crippen molar-refractivity contribution in [2.75, 3.05) is 19.6 Å². The zero-order valence-corrected chi connectivity index (χ0v) is 14.5. The van der Waals surface area contributed by atoms with Gasteiger partial charge in [0, 0.05) is 19.6 Å². The van der Waals surface area contributed by atoms with Crippen LogP contribution in [0.25, 0.3) is 0 Å². The second-order valence-electron chi connectivity index (χ2n) is 6.51. The van der Waals surface area contributed by atoms with Crippen LogP contribution in [-0.4, -0.2) is 42.3 Å². The summed E-state index contributed by atoms with van der Waals surface area (Å²) in [6.07, 6.45) is 2.50. The number of amides is 1. The van der Waals surface area contributed by atoms with E-state index in [1.807, 2.05) is 32.0 Å². The van der Waals surface area contributed by atoms with Crippen molar-refractivity contribution in [2.45, 2.75) is 51.5 Å². The van der Waals surface area contributed by atoms with Gasteiger partial charge in [-0.1, -0.05) is 37.3 Å². The van der Waals surface area contributed by atoms with Crippen molar-refractivity contribution in [1.29, 1.82) is 0 Å². The summed E-state index contributed by atoms with van der Waals surface area (Å²) >= 11 is 0. The molecule has 1 N–H and O–H groups in total. The van der Waals surface area contributed by atoms with Gasteiger partial charge >= 0.3 is 0 Å². The minimum Gasteiger partial charge on any atom is -0.355 e. The van der Waals surface area contributed by atoms with Gasteiger partial charge in [0.15, 0.2) is 0 Å². The number of benzene rings is 1. The van der Waals surface area contributed by atoms with Gasteiger partial charge in [-0.2, -0.15) is 0 Å². The third-order valence-corrected chi connectivity index (χ3v) is 5.13. The van der Waals surface area contributed by atoms with Gasteiger partial charge in [0.2, 0.25) is 5.91 Å². The van der Waals surface area contributed by atoms with E-state index in [0.717, 1.165) is 44.5 Å². The minimum atomic E-state index is -0.391. The Hall–Kier alpha value is -1.68. The fourth-order valence-electron chi connectivity index (χ4n) is 3.46. The van der Waals surface area contributed by atoms with Crippen LogP contribution in [0.15, 0.2) is 30.3 Å². The number of hydrogen-bond acceptors (Lipinski definition) is 3. The van der Waals surface area contributed by atoms with Crippen LogP contribution in [0.5, 0.6) is 0 Å². The molecule has 1 atom stereocenters. The highest BCUT2D eigenvalue weighted by Gasteiger charge is 2.41. The SMILES string of the molecule is CCCNC(=O)C(C)N1CCC(C(C)=O)(c2ccccc2)CC1. The Balaban J connectivity index is 2.06. The number of nitrogens with zero attached hydrogens (tertiary/aromatic N) is 1. The quantitative estimate of drug-likeness (QED) is 0.877. The standard InChI is InChI=1S/C19H28N2O2/c1-4-12-20-18(23)15(2)21-13-10-19(11-14-21,16(3)22)17-8-6-5-7-9-17/h5-9,15H,4,10-14H2,1-3H3,(H,20,23). The molecule has 1 aliphatic rings. The molecule has 0 aromatic heterocycles. The van der Waals surface area contributed by atoms with Gasteiger partial charge in [0.1, 0.15) is 5.78 Å². The Morgan fingerprint density at radius 2 is 1.83 bits per heavy atom. The maximum absolute atomic E-state index is 12.4. The molecule has 1 heterocycles. The van der Waals surface area contributed by atoms with Crippen LogP contribution in [0.4, 0.5) is 0 Å². The van der Waals surface area contributed by atoms with Crippen molar-refractivity contribution in [2.24, 2.45) is 0 Å². The maximum Gasteiger partial charge on any atom is 0.237 e. The van der Waals surface area contributed by atoms with Crippen molar-refractivity contribution in [3.63, 3.8) is 0 Å². The smallest absolute Gasteiger partial charge is 0.237 e. The molecule has 0 radical (unpaired) electrons. The topological polar surface area (TPSA) is 49.4 Å². The number of nitrogens with one attached hydrogen (secondary N) is 1. The molecule has 1 aliphatic heterocycles. The van der Waals surface area contributed by atoms with Crippen molar-refractivity contribution in [1.82, 2.24) is 10.2 Å². The number of hydrogen-bond donors (Lipinski definition) is 1. The molecule has 1 amide bonds. The van der Waals surface area contributed by atoms with E-state index in [0.29, 0.717) is 0 Å². The van der Waals surface area contributed by atoms with Gasteiger partial charge in [0.05, 0.1) is 11.5 Å². The number of carbonyl (C=O) groups excluding carboxylic acids is 2. The van der Waals surface area contributed by atoms with E-state index < -0.39 is 5.41 Å². The fourth-order valence-corrected chi connectivity index (χ4v) is 3.46. The number of ketones is 1. The van der Waals surface area contributed by atoms with Gasteiger partial charge in [-0.15, -0.1) is 0 Å². The third kappa shape index (κ3) is 3.81. The lowest BCUT2D eigenvalue weighted by Crippen LogP contribution is -2.53. The lowest BCUT2D eigenvalue weighted by Gasteiger charge is -2.42. The zero-order chi connectivity index (χ0) is 16.9. The molecule has 1 aromatic rings. The van der Waals surface area contributed by atoms with Crippen LogP contribution in [0.3, 0.4) is 0 Å². The summed E-state index contributed by atoms with van der Waals surface area (Å²) in [4.78, 5) is 26.7. The maximum atomic E-state index is 12.4. The van der Waals surface area contributed by atoms with Gasteiger partial charge in [-0.05, 0) is 38.7 Å². The molecule has 4 heteroatoms. The number of likely N-dealkylation sites (tertiary alicyclic amines) is 1. The molecule has 2 rings (SSSR count). The summed E-state index contributed by atoms with van der Waals surface area (Å²) in [7, 11) is 0. The van der Waals surface area contributed by atoms with Crippen molar-refractivity contribution in [3.05, 3.63) is 35.9 Å². The Kier molecular flexibility index (Phi) is 5.94. The number of piperidine rings is 1. The molecular formula is C19H28N2O2. The van der Waals surface area contributed by atoms with Crippen LogP contribution in [0, 0.1) is 0 Å². The largest absolute Gasteiger partial charge is 0.355 e. The van der Waals surface area contributed by atoms with Crippen LogP contribution >= 0.6 is 0 Å². The summed E-state index contributed by atoms with van der Waals surface area (Å²) in [5.41, 5.74) is 0.715. The molecule has 1 saturated heterocycles. The number of carbonyl (C=O) groups is 2. The third-order valence-electron chi connectivity index (χ3n) is 5.13. The highest BCUT2D eigenvalue weighted by atomic mass is 16.2. The lowest BCUT2D eigenvalue weighted by molar-refractivity contribution is -0.128. The minimum absolute atomic E-state index is 0.0851. The Morgan fingerprint density at radius 1 is 1.22 bits per heavy atom. The van der Waals surface area contributed by atoms with E-state index >= 15 is 0 Å². The fraction of sp³-hybridized carbons (Fsp3) is 0.579. The van der Waals surface area contributed by atoms with Crippen molar-refractivity contribution in [3.8, 4) is 0 Å². The van der Waals surface area contributed by atoms with E-state index in [-0.39, 0.29) is 17.7 Å². The summed E-state index contributed by atoms with van der Waals surface area (Å²) in [6.45, 7) is 7.96. The summed E-state index contributed by atoms with van der Waals surface area (Å²) in [6, 6.07) is 9.93. The lowest BCUT2D eigenvalue weighted by atomic mass is 9.70. The van der Waals surface area contributed by atoms with Crippen molar-refractivity contribution < 1.29 is 9.59 Å². The Bertz CT molecular complexity index is 534. The van der Waals surface area contributed by atoms with Crippen LogP contribution in [0.1, 0.15) is 45.6 Å². The van der Waals surface area contributed by atoms with Crippen LogP contribution in [-0.2, 0) is 15.0 Å².